The molecule has 2 rings (SSSR count). The number of nitrogens with one attached hydrogen (secondary N) is 2. The van der Waals surface area contributed by atoms with Crippen molar-refractivity contribution in [1.29, 1.82) is 0 Å². The molecule has 0 bridgehead atoms. The molecule has 29 heavy (non-hydrogen) atoms. The van der Waals surface area contributed by atoms with Crippen LogP contribution in [0.5, 0.6) is 0 Å². The topological polar surface area (TPSA) is 122 Å². The van der Waals surface area contributed by atoms with E-state index >= 15 is 0 Å². The molecule has 0 radical (unpaired) electrons. The maximum Gasteiger partial charge on any atom is 0.321 e. The third-order valence-electron chi connectivity index (χ3n) is 3.64. The van der Waals surface area contributed by atoms with Crippen molar-refractivity contribution < 1.29 is 27.5 Å². The third-order valence-corrected chi connectivity index (χ3v) is 6.33. The van der Waals surface area contributed by atoms with Gasteiger partial charge in [0, 0.05) is 24.5 Å². The van der Waals surface area contributed by atoms with Crippen molar-refractivity contribution in [3.05, 3.63) is 46.7 Å². The standard InChI is InChI=1S/C18H21N3O6S2/c1-13(22)20-14-5-7-16(8-6-14)29(25,26)21(2)11-18(24)27-12-17(23)19-10-15-4-3-9-28-15/h3-9H,10-12H2,1-2H3,(H,19,23)(H,20,22). The second-order valence-electron chi connectivity index (χ2n) is 5.98. The zero-order chi connectivity index (χ0) is 21.4. The van der Waals surface area contributed by atoms with E-state index in [1.165, 1.54) is 49.6 Å². The molecule has 0 aliphatic heterocycles. The van der Waals surface area contributed by atoms with Gasteiger partial charge in [-0.1, -0.05) is 6.07 Å². The van der Waals surface area contributed by atoms with Gasteiger partial charge in [0.1, 0.15) is 6.54 Å². The molecule has 0 atom stereocenters. The molecule has 11 heteroatoms. The number of carbonyl (C=O) groups is 3. The van der Waals surface area contributed by atoms with Crippen LogP contribution in [0.3, 0.4) is 0 Å². The molecular weight excluding hydrogens is 418 g/mol. The molecular formula is C18H21N3O6S2. The first-order valence-corrected chi connectivity index (χ1v) is 10.8. The van der Waals surface area contributed by atoms with Crippen LogP contribution in [0.1, 0.15) is 11.8 Å². The Morgan fingerprint density at radius 2 is 1.83 bits per heavy atom. The molecule has 2 aromatic rings. The zero-order valence-electron chi connectivity index (χ0n) is 15.9. The Morgan fingerprint density at radius 3 is 2.41 bits per heavy atom. The highest BCUT2D eigenvalue weighted by Crippen LogP contribution is 2.17. The monoisotopic (exact) mass is 439 g/mol. The summed E-state index contributed by atoms with van der Waals surface area (Å²) in [6.07, 6.45) is 0. The minimum absolute atomic E-state index is 0.0457. The minimum Gasteiger partial charge on any atom is -0.455 e. The molecule has 156 valence electrons. The van der Waals surface area contributed by atoms with Gasteiger partial charge in [0.2, 0.25) is 15.9 Å². The van der Waals surface area contributed by atoms with Crippen LogP contribution in [0.15, 0.2) is 46.7 Å². The van der Waals surface area contributed by atoms with E-state index in [0.29, 0.717) is 12.2 Å². The van der Waals surface area contributed by atoms with Crippen molar-refractivity contribution >= 4 is 44.8 Å². The number of benzene rings is 1. The summed E-state index contributed by atoms with van der Waals surface area (Å²) in [5, 5.41) is 7.01. The normalized spacial score (nSPS) is 11.1. The molecule has 0 fully saturated rings. The molecule has 0 aliphatic carbocycles. The number of rotatable bonds is 9. The first-order valence-electron chi connectivity index (χ1n) is 8.47. The van der Waals surface area contributed by atoms with Crippen molar-refractivity contribution in [1.82, 2.24) is 9.62 Å². The van der Waals surface area contributed by atoms with Crippen molar-refractivity contribution in [2.75, 3.05) is 25.5 Å². The van der Waals surface area contributed by atoms with E-state index < -0.39 is 35.1 Å². The number of hydrogen-bond acceptors (Lipinski definition) is 7. The van der Waals surface area contributed by atoms with Crippen LogP contribution in [0.25, 0.3) is 0 Å². The van der Waals surface area contributed by atoms with Gasteiger partial charge in [0.25, 0.3) is 5.91 Å². The predicted octanol–water partition coefficient (Wildman–Crippen LogP) is 1.19. The van der Waals surface area contributed by atoms with E-state index in [0.717, 1.165) is 9.18 Å². The summed E-state index contributed by atoms with van der Waals surface area (Å²) in [7, 11) is -2.71. The van der Waals surface area contributed by atoms with Gasteiger partial charge in [-0.2, -0.15) is 4.31 Å². The number of ether oxygens (including phenoxy) is 1. The third kappa shape index (κ3) is 6.97. The van der Waals surface area contributed by atoms with E-state index in [-0.39, 0.29) is 10.8 Å². The van der Waals surface area contributed by atoms with E-state index in [1.807, 2.05) is 17.5 Å². The van der Waals surface area contributed by atoms with Gasteiger partial charge >= 0.3 is 5.97 Å². The lowest BCUT2D eigenvalue weighted by Gasteiger charge is -2.16. The number of sulfonamides is 1. The SMILES string of the molecule is CC(=O)Nc1ccc(S(=O)(=O)N(C)CC(=O)OCC(=O)NCc2cccs2)cc1. The summed E-state index contributed by atoms with van der Waals surface area (Å²) in [4.78, 5) is 35.5. The lowest BCUT2D eigenvalue weighted by atomic mass is 10.3. The van der Waals surface area contributed by atoms with E-state index in [4.69, 9.17) is 4.74 Å². The second-order valence-corrected chi connectivity index (χ2v) is 9.06. The average molecular weight is 440 g/mol. The van der Waals surface area contributed by atoms with E-state index in [9.17, 15) is 22.8 Å². The summed E-state index contributed by atoms with van der Waals surface area (Å²) in [6.45, 7) is 0.626. The quantitative estimate of drug-likeness (QED) is 0.566. The van der Waals surface area contributed by atoms with Crippen LogP contribution in [0.2, 0.25) is 0 Å². The number of likely N-dealkylation sites (N-methyl/N-ethyl adjacent to an activating group) is 1. The zero-order valence-corrected chi connectivity index (χ0v) is 17.5. The van der Waals surface area contributed by atoms with Crippen LogP contribution >= 0.6 is 11.3 Å². The summed E-state index contributed by atoms with van der Waals surface area (Å²) < 4.78 is 30.7. The van der Waals surface area contributed by atoms with E-state index in [2.05, 4.69) is 10.6 Å². The molecule has 1 aromatic carbocycles. The Bertz CT molecular complexity index is 956. The summed E-state index contributed by atoms with van der Waals surface area (Å²) in [5.74, 6) is -1.61. The van der Waals surface area contributed by atoms with Gasteiger partial charge < -0.3 is 15.4 Å². The molecule has 2 N–H and O–H groups in total. The fourth-order valence-electron chi connectivity index (χ4n) is 2.20. The largest absolute Gasteiger partial charge is 0.455 e. The number of hydrogen-bond donors (Lipinski definition) is 2. The van der Waals surface area contributed by atoms with Crippen LogP contribution in [0.4, 0.5) is 5.69 Å². The Balaban J connectivity index is 1.84. The molecule has 1 heterocycles. The first-order chi connectivity index (χ1) is 13.7. The number of esters is 1. The molecule has 0 saturated heterocycles. The molecule has 0 spiro atoms. The van der Waals surface area contributed by atoms with Gasteiger partial charge in [0.05, 0.1) is 11.4 Å². The maximum absolute atomic E-state index is 12.5. The molecule has 1 aromatic heterocycles. The lowest BCUT2D eigenvalue weighted by molar-refractivity contribution is -0.148. The summed E-state index contributed by atoms with van der Waals surface area (Å²) >= 11 is 1.49. The summed E-state index contributed by atoms with van der Waals surface area (Å²) in [6, 6.07) is 9.24. The Labute approximate surface area is 172 Å². The van der Waals surface area contributed by atoms with Gasteiger partial charge in [-0.25, -0.2) is 8.42 Å². The fraction of sp³-hybridized carbons (Fsp3) is 0.278. The number of carbonyl (C=O) groups excluding carboxylic acids is 3. The highest BCUT2D eigenvalue weighted by molar-refractivity contribution is 7.89. The predicted molar refractivity (Wildman–Crippen MR) is 108 cm³/mol. The Morgan fingerprint density at radius 1 is 1.14 bits per heavy atom. The minimum atomic E-state index is -3.94. The van der Waals surface area contributed by atoms with E-state index in [1.54, 1.807) is 0 Å². The first kappa shape index (κ1) is 22.5. The highest BCUT2D eigenvalue weighted by atomic mass is 32.2. The van der Waals surface area contributed by atoms with Crippen LogP contribution in [-0.4, -0.2) is 50.7 Å². The Kier molecular flexibility index (Phi) is 7.88. The van der Waals surface area contributed by atoms with Gasteiger partial charge in [-0.05, 0) is 35.7 Å². The number of thiophene rings is 1. The van der Waals surface area contributed by atoms with Crippen molar-refractivity contribution in [2.24, 2.45) is 0 Å². The van der Waals surface area contributed by atoms with Crippen LogP contribution in [-0.2, 0) is 35.7 Å². The van der Waals surface area contributed by atoms with Crippen molar-refractivity contribution in [3.63, 3.8) is 0 Å². The fourth-order valence-corrected chi connectivity index (χ4v) is 3.96. The van der Waals surface area contributed by atoms with Gasteiger partial charge in [-0.3, -0.25) is 14.4 Å². The molecule has 2 amide bonds. The number of nitrogens with zero attached hydrogens (tertiary/aromatic N) is 1. The Hall–Kier alpha value is -2.76. The molecule has 9 nitrogen and oxygen atoms in total. The highest BCUT2D eigenvalue weighted by Gasteiger charge is 2.24. The maximum atomic E-state index is 12.5. The second kappa shape index (κ2) is 10.1. The number of anilines is 1. The van der Waals surface area contributed by atoms with Crippen LogP contribution in [0, 0.1) is 0 Å². The van der Waals surface area contributed by atoms with Gasteiger partial charge in [-0.15, -0.1) is 11.3 Å². The molecule has 0 saturated carbocycles. The smallest absolute Gasteiger partial charge is 0.321 e. The average Bonchev–Trinajstić information content (AvgIpc) is 3.18. The summed E-state index contributed by atoms with van der Waals surface area (Å²) in [5.41, 5.74) is 0.451. The molecule has 0 aliphatic rings. The van der Waals surface area contributed by atoms with Gasteiger partial charge in [0.15, 0.2) is 6.61 Å². The van der Waals surface area contributed by atoms with Crippen LogP contribution < -0.4 is 10.6 Å². The number of amides is 2. The van der Waals surface area contributed by atoms with Crippen molar-refractivity contribution in [2.45, 2.75) is 18.4 Å². The van der Waals surface area contributed by atoms with Crippen molar-refractivity contribution in [3.8, 4) is 0 Å². The molecule has 0 unspecified atom stereocenters. The lowest BCUT2D eigenvalue weighted by Crippen LogP contribution is -2.35.